The highest BCUT2D eigenvalue weighted by atomic mass is 16.3. The second kappa shape index (κ2) is 44.2. The molecule has 6 heteroatoms. The number of Topliss-reactive ketones (excluding diaryl/α,β-unsaturated/α-hetero) is 1. The zero-order valence-electron chi connectivity index (χ0n) is 41.9. The van der Waals surface area contributed by atoms with Crippen molar-refractivity contribution in [3.8, 4) is 0 Å². The third-order valence-electron chi connectivity index (χ3n) is 14.2. The standard InChI is InChI=1S/C55H109N3O3/c1-5-9-13-17-19-27-36-51(35-25-15-11-7-3)49-54(60)41-31-21-22-33-43-57(45-46-58(47-48-59)53-39-29-23-30-40-53)44-34-24-32-42-56-55(61)50-52(37-26-16-12-8-4)38-28-20-18-14-10-6-2/h51-53,59H,5-50H2,1-4H3,(H,56,61). The number of hydrogen-bond donors (Lipinski definition) is 2. The summed E-state index contributed by atoms with van der Waals surface area (Å²) >= 11 is 0. The van der Waals surface area contributed by atoms with Gasteiger partial charge in [0.05, 0.1) is 6.61 Å². The van der Waals surface area contributed by atoms with Gasteiger partial charge in [-0.2, -0.15) is 0 Å². The number of aliphatic hydroxyl groups excluding tert-OH is 1. The second-order valence-electron chi connectivity index (χ2n) is 20.0. The van der Waals surface area contributed by atoms with Crippen LogP contribution in [-0.4, -0.2) is 78.5 Å². The zero-order chi connectivity index (χ0) is 44.3. The molecule has 6 nitrogen and oxygen atoms in total. The topological polar surface area (TPSA) is 72.9 Å². The van der Waals surface area contributed by atoms with Crippen molar-refractivity contribution >= 4 is 11.7 Å². The summed E-state index contributed by atoms with van der Waals surface area (Å²) < 4.78 is 0. The van der Waals surface area contributed by atoms with Gasteiger partial charge in [0.15, 0.2) is 0 Å². The minimum Gasteiger partial charge on any atom is -0.395 e. The number of nitrogens with zero attached hydrogens (tertiary/aromatic N) is 2. The van der Waals surface area contributed by atoms with E-state index in [1.54, 1.807) is 0 Å². The van der Waals surface area contributed by atoms with Crippen LogP contribution in [0.25, 0.3) is 0 Å². The molecule has 0 spiro atoms. The van der Waals surface area contributed by atoms with Gasteiger partial charge in [-0.1, -0.05) is 207 Å². The average molecular weight is 860 g/mol. The molecule has 0 heterocycles. The molecular weight excluding hydrogens is 751 g/mol. The number of hydrogen-bond acceptors (Lipinski definition) is 5. The van der Waals surface area contributed by atoms with Gasteiger partial charge in [0.25, 0.3) is 0 Å². The van der Waals surface area contributed by atoms with Crippen LogP contribution in [0.2, 0.25) is 0 Å². The first-order chi connectivity index (χ1) is 30.0. The van der Waals surface area contributed by atoms with Crippen LogP contribution in [-0.2, 0) is 9.59 Å². The van der Waals surface area contributed by atoms with E-state index in [1.165, 1.54) is 205 Å². The highest BCUT2D eigenvalue weighted by Gasteiger charge is 2.21. The zero-order valence-corrected chi connectivity index (χ0v) is 41.9. The Bertz CT molecular complexity index is 881. The quantitative estimate of drug-likeness (QED) is 0.0597. The molecule has 0 aromatic heterocycles. The Kier molecular flexibility index (Phi) is 42.1. The number of ketones is 1. The van der Waals surface area contributed by atoms with Crippen molar-refractivity contribution in [2.45, 2.75) is 284 Å². The third kappa shape index (κ3) is 36.0. The molecular formula is C55H109N3O3. The lowest BCUT2D eigenvalue weighted by molar-refractivity contribution is -0.122. The van der Waals surface area contributed by atoms with Crippen molar-refractivity contribution in [3.63, 3.8) is 0 Å². The van der Waals surface area contributed by atoms with Crippen LogP contribution < -0.4 is 5.32 Å². The maximum Gasteiger partial charge on any atom is 0.220 e. The molecule has 0 bridgehead atoms. The molecule has 2 N–H and O–H groups in total. The molecule has 1 fully saturated rings. The second-order valence-corrected chi connectivity index (χ2v) is 20.0. The van der Waals surface area contributed by atoms with E-state index in [0.717, 1.165) is 77.8 Å². The minimum absolute atomic E-state index is 0.248. The Morgan fingerprint density at radius 2 is 0.934 bits per heavy atom. The first-order valence-corrected chi connectivity index (χ1v) is 27.8. The van der Waals surface area contributed by atoms with Crippen molar-refractivity contribution in [2.24, 2.45) is 11.8 Å². The van der Waals surface area contributed by atoms with Crippen molar-refractivity contribution in [3.05, 3.63) is 0 Å². The highest BCUT2D eigenvalue weighted by Crippen LogP contribution is 2.25. The van der Waals surface area contributed by atoms with Crippen LogP contribution >= 0.6 is 0 Å². The fraction of sp³-hybridized carbons (Fsp3) is 0.964. The number of aliphatic hydroxyl groups is 1. The van der Waals surface area contributed by atoms with E-state index in [-0.39, 0.29) is 12.5 Å². The molecule has 0 aromatic carbocycles. The summed E-state index contributed by atoms with van der Waals surface area (Å²) in [6.07, 6.45) is 48.2. The number of amides is 1. The van der Waals surface area contributed by atoms with E-state index < -0.39 is 0 Å². The largest absolute Gasteiger partial charge is 0.395 e. The Labute approximate surface area is 382 Å². The normalized spacial score (nSPS) is 14.6. The summed E-state index contributed by atoms with van der Waals surface area (Å²) in [5.41, 5.74) is 0. The Morgan fingerprint density at radius 1 is 0.492 bits per heavy atom. The summed E-state index contributed by atoms with van der Waals surface area (Å²) in [6.45, 7) is 15.3. The molecule has 2 atom stereocenters. The molecule has 1 aliphatic rings. The average Bonchev–Trinajstić information content (AvgIpc) is 3.26. The van der Waals surface area contributed by atoms with Gasteiger partial charge >= 0.3 is 0 Å². The molecule has 1 amide bonds. The number of nitrogens with one attached hydrogen (secondary N) is 1. The fourth-order valence-electron chi connectivity index (χ4n) is 10.1. The third-order valence-corrected chi connectivity index (χ3v) is 14.2. The van der Waals surface area contributed by atoms with E-state index in [1.807, 2.05) is 0 Å². The summed E-state index contributed by atoms with van der Waals surface area (Å²) in [5.74, 6) is 1.95. The molecule has 1 rings (SSSR count). The Morgan fingerprint density at radius 3 is 1.46 bits per heavy atom. The summed E-state index contributed by atoms with van der Waals surface area (Å²) in [7, 11) is 0. The lowest BCUT2D eigenvalue weighted by Crippen LogP contribution is -2.43. The first-order valence-electron chi connectivity index (χ1n) is 27.8. The summed E-state index contributed by atoms with van der Waals surface area (Å²) in [5, 5.41) is 13.2. The van der Waals surface area contributed by atoms with E-state index >= 15 is 0 Å². The predicted molar refractivity (Wildman–Crippen MR) is 267 cm³/mol. The van der Waals surface area contributed by atoms with Crippen molar-refractivity contribution < 1.29 is 14.7 Å². The van der Waals surface area contributed by atoms with Crippen molar-refractivity contribution in [1.29, 1.82) is 0 Å². The van der Waals surface area contributed by atoms with Crippen LogP contribution in [0, 0.1) is 11.8 Å². The van der Waals surface area contributed by atoms with E-state index in [0.29, 0.717) is 30.1 Å². The molecule has 1 saturated carbocycles. The highest BCUT2D eigenvalue weighted by molar-refractivity contribution is 5.78. The predicted octanol–water partition coefficient (Wildman–Crippen LogP) is 15.2. The van der Waals surface area contributed by atoms with Crippen LogP contribution in [0.5, 0.6) is 0 Å². The molecule has 362 valence electrons. The maximum absolute atomic E-state index is 13.1. The minimum atomic E-state index is 0.248. The smallest absolute Gasteiger partial charge is 0.220 e. The SMILES string of the molecule is CCCCCCCCC(CCCCCC)CC(=O)CCCCCCN(CCCCCNC(=O)CC(CCCCCC)CCCCCCCC)CCN(CCO)C1CCCCC1. The Balaban J connectivity index is 2.54. The van der Waals surface area contributed by atoms with Gasteiger partial charge in [-0.05, 0) is 76.3 Å². The molecule has 0 aromatic rings. The van der Waals surface area contributed by atoms with Crippen molar-refractivity contribution in [1.82, 2.24) is 15.1 Å². The summed E-state index contributed by atoms with van der Waals surface area (Å²) in [4.78, 5) is 31.5. The van der Waals surface area contributed by atoms with Gasteiger partial charge in [-0.3, -0.25) is 14.5 Å². The monoisotopic (exact) mass is 860 g/mol. The van der Waals surface area contributed by atoms with Crippen LogP contribution in [0.1, 0.15) is 278 Å². The Hall–Kier alpha value is -0.980. The molecule has 2 unspecified atom stereocenters. The van der Waals surface area contributed by atoms with Crippen LogP contribution in [0.15, 0.2) is 0 Å². The molecule has 0 radical (unpaired) electrons. The number of unbranched alkanes of at least 4 members (excludes halogenated alkanes) is 21. The van der Waals surface area contributed by atoms with Gasteiger partial charge in [0.2, 0.25) is 5.91 Å². The molecule has 1 aliphatic carbocycles. The number of rotatable bonds is 47. The van der Waals surface area contributed by atoms with Gasteiger partial charge < -0.3 is 15.3 Å². The van der Waals surface area contributed by atoms with Gasteiger partial charge in [-0.25, -0.2) is 0 Å². The molecule has 0 aliphatic heterocycles. The number of carbonyl (C=O) groups excluding carboxylic acids is 2. The summed E-state index contributed by atoms with van der Waals surface area (Å²) in [6, 6.07) is 0.632. The number of carbonyl (C=O) groups is 2. The van der Waals surface area contributed by atoms with Crippen LogP contribution in [0.4, 0.5) is 0 Å². The van der Waals surface area contributed by atoms with E-state index in [9.17, 15) is 14.7 Å². The van der Waals surface area contributed by atoms with E-state index in [4.69, 9.17) is 0 Å². The fourth-order valence-corrected chi connectivity index (χ4v) is 10.1. The molecule has 0 saturated heterocycles. The van der Waals surface area contributed by atoms with E-state index in [2.05, 4.69) is 42.8 Å². The lowest BCUT2D eigenvalue weighted by Gasteiger charge is -2.35. The molecule has 61 heavy (non-hydrogen) atoms. The first kappa shape index (κ1) is 58.0. The van der Waals surface area contributed by atoms with Gasteiger partial charge in [0, 0.05) is 51.5 Å². The maximum atomic E-state index is 13.1. The van der Waals surface area contributed by atoms with Crippen LogP contribution in [0.3, 0.4) is 0 Å². The lowest BCUT2D eigenvalue weighted by atomic mass is 9.89. The van der Waals surface area contributed by atoms with Gasteiger partial charge in [-0.15, -0.1) is 0 Å². The van der Waals surface area contributed by atoms with Crippen molar-refractivity contribution in [2.75, 3.05) is 45.9 Å². The van der Waals surface area contributed by atoms with Gasteiger partial charge in [0.1, 0.15) is 5.78 Å².